The van der Waals surface area contributed by atoms with Gasteiger partial charge < -0.3 is 59.0 Å². The zero-order valence-corrected chi connectivity index (χ0v) is 34.9. The summed E-state index contributed by atoms with van der Waals surface area (Å²) >= 11 is 6.18. The molecule has 0 unspecified atom stereocenters. The van der Waals surface area contributed by atoms with Crippen LogP contribution < -0.4 is 49.1 Å². The smallest absolute Gasteiger partial charge is 0.257 e. The molecule has 0 saturated carbocycles. The van der Waals surface area contributed by atoms with E-state index in [0.717, 1.165) is 22.2 Å². The lowest BCUT2D eigenvalue weighted by molar-refractivity contribution is -0.133. The molecule has 3 aromatic rings. The number of para-hydroxylation sites is 1. The summed E-state index contributed by atoms with van der Waals surface area (Å²) in [5.41, 5.74) is 18.2. The minimum atomic E-state index is -1.50. The SMILES string of the molecule is CCCC[C@H](NC(C)=O)C(=O)N[C@@H](C)C(=O)N[C@@H](CCCN=C(N)N)C(=O)NC[C@H]1C(=O)Nc2cc(Cl)ccc2C(=O)N1CC(=O)N[C@@H](Cc1c[nH]c2ccccc12)C(N)=O. The van der Waals surface area contributed by atoms with Crippen molar-refractivity contribution in [2.75, 3.05) is 25.0 Å². The van der Waals surface area contributed by atoms with Crippen LogP contribution in [0.4, 0.5) is 5.69 Å². The van der Waals surface area contributed by atoms with E-state index >= 15 is 0 Å². The number of hydrogen-bond acceptors (Lipinski definition) is 9. The number of aromatic nitrogens is 1. The number of nitrogens with zero attached hydrogens (tertiary/aromatic N) is 2. The minimum Gasteiger partial charge on any atom is -0.370 e. The quantitative estimate of drug-likeness (QED) is 0.0377. The van der Waals surface area contributed by atoms with Gasteiger partial charge in [0.15, 0.2) is 5.96 Å². The molecule has 2 heterocycles. The normalized spacial score (nSPS) is 15.5. The molecule has 0 saturated heterocycles. The number of guanidine groups is 1. The summed E-state index contributed by atoms with van der Waals surface area (Å²) in [6.07, 6.45) is 3.68. The number of unbranched alkanes of at least 4 members (excludes halogenated alkanes) is 1. The number of primary amides is 1. The summed E-state index contributed by atoms with van der Waals surface area (Å²) in [4.78, 5) is 114. The van der Waals surface area contributed by atoms with Crippen molar-refractivity contribution in [2.24, 2.45) is 22.2 Å². The molecule has 0 bridgehead atoms. The number of amides is 8. The highest BCUT2D eigenvalue weighted by atomic mass is 35.5. The van der Waals surface area contributed by atoms with Gasteiger partial charge >= 0.3 is 0 Å². The fourth-order valence-corrected chi connectivity index (χ4v) is 6.85. The molecule has 0 aliphatic carbocycles. The standard InChI is InChI=1S/C40H53ClN12O8/c1-4-5-10-29(49-22(3)54)37(59)48-21(2)35(57)51-28(12-8-15-45-40(43)44)36(58)47-19-32-38(60)52-30-17-24(41)13-14-26(30)39(61)53(32)20-33(55)50-31(34(42)56)16-23-18-46-27-11-7-6-9-25(23)27/h6-7,9,11,13-14,17-18,21,28-29,31-32,46H,4-5,8,10,12,15-16,19-20H2,1-3H3,(H2,42,56)(H,47,58)(H,48,59)(H,49,54)(H,50,55)(H,51,57)(H,52,60)(H4,43,44,45)/t21-,28-,29-,31-,32-/m0/s1. The lowest BCUT2D eigenvalue weighted by Gasteiger charge is -2.29. The summed E-state index contributed by atoms with van der Waals surface area (Å²) in [6, 6.07) is 5.53. The Bertz CT molecular complexity index is 2160. The first kappa shape index (κ1) is 47.0. The molecule has 4 rings (SSSR count). The van der Waals surface area contributed by atoms with Gasteiger partial charge in [0.1, 0.15) is 36.8 Å². The number of nitrogens with two attached hydrogens (primary N) is 3. The number of rotatable bonds is 21. The highest BCUT2D eigenvalue weighted by Crippen LogP contribution is 2.27. The summed E-state index contributed by atoms with van der Waals surface area (Å²) in [7, 11) is 0. The third kappa shape index (κ3) is 13.4. The molecule has 21 heteroatoms. The fourth-order valence-electron chi connectivity index (χ4n) is 6.67. The first-order chi connectivity index (χ1) is 29.0. The van der Waals surface area contributed by atoms with Gasteiger partial charge in [0.05, 0.1) is 11.3 Å². The van der Waals surface area contributed by atoms with Crippen LogP contribution in [-0.2, 0) is 40.0 Å². The van der Waals surface area contributed by atoms with Crippen molar-refractivity contribution >= 4 is 81.4 Å². The molecular weight excluding hydrogens is 812 g/mol. The molecule has 1 aromatic heterocycles. The molecule has 20 nitrogen and oxygen atoms in total. The fraction of sp³-hybridized carbons (Fsp3) is 0.425. The number of hydrogen-bond donors (Lipinski definition) is 10. The number of halogens is 1. The second-order valence-corrected chi connectivity index (χ2v) is 15.0. The predicted molar refractivity (Wildman–Crippen MR) is 228 cm³/mol. The summed E-state index contributed by atoms with van der Waals surface area (Å²) < 4.78 is 0. The van der Waals surface area contributed by atoms with Gasteiger partial charge in [-0.1, -0.05) is 49.6 Å². The monoisotopic (exact) mass is 864 g/mol. The van der Waals surface area contributed by atoms with Crippen molar-refractivity contribution in [2.45, 2.75) is 89.5 Å². The number of aromatic amines is 1. The van der Waals surface area contributed by atoms with Crippen LogP contribution in [-0.4, -0.2) is 113 Å². The van der Waals surface area contributed by atoms with Crippen LogP contribution in [0.1, 0.15) is 68.8 Å². The zero-order chi connectivity index (χ0) is 44.8. The Kier molecular flexibility index (Phi) is 17.0. The Balaban J connectivity index is 1.54. The Morgan fingerprint density at radius 1 is 0.885 bits per heavy atom. The first-order valence-electron chi connectivity index (χ1n) is 19.7. The Morgan fingerprint density at radius 3 is 2.28 bits per heavy atom. The Morgan fingerprint density at radius 2 is 1.59 bits per heavy atom. The van der Waals surface area contributed by atoms with Crippen molar-refractivity contribution in [3.05, 3.63) is 64.8 Å². The number of fused-ring (bicyclic) bond motifs is 2. The van der Waals surface area contributed by atoms with E-state index in [1.807, 2.05) is 31.2 Å². The second kappa shape index (κ2) is 22.1. The second-order valence-electron chi connectivity index (χ2n) is 14.6. The predicted octanol–water partition coefficient (Wildman–Crippen LogP) is -0.349. The van der Waals surface area contributed by atoms with E-state index in [4.69, 9.17) is 28.8 Å². The van der Waals surface area contributed by atoms with E-state index < -0.39 is 90.6 Å². The molecule has 13 N–H and O–H groups in total. The van der Waals surface area contributed by atoms with Crippen LogP contribution in [0.25, 0.3) is 10.9 Å². The average molecular weight is 865 g/mol. The van der Waals surface area contributed by atoms with Gasteiger partial charge in [0.2, 0.25) is 41.4 Å². The van der Waals surface area contributed by atoms with Crippen molar-refractivity contribution in [1.82, 2.24) is 36.5 Å². The van der Waals surface area contributed by atoms with Crippen LogP contribution in [0.3, 0.4) is 0 Å². The summed E-state index contributed by atoms with van der Waals surface area (Å²) in [6.45, 7) is 3.43. The number of carbonyl (C=O) groups is 8. The number of aliphatic imine (C=N–C) groups is 1. The van der Waals surface area contributed by atoms with E-state index in [1.54, 1.807) is 6.20 Å². The topological polar surface area (TPSA) is 318 Å². The van der Waals surface area contributed by atoms with Gasteiger partial charge in [0.25, 0.3) is 5.91 Å². The van der Waals surface area contributed by atoms with E-state index in [9.17, 15) is 38.4 Å². The zero-order valence-electron chi connectivity index (χ0n) is 34.1. The molecular formula is C40H53ClN12O8. The van der Waals surface area contributed by atoms with Crippen LogP contribution in [0.5, 0.6) is 0 Å². The van der Waals surface area contributed by atoms with Crippen LogP contribution in [0.15, 0.2) is 53.7 Å². The van der Waals surface area contributed by atoms with Crippen molar-refractivity contribution in [1.29, 1.82) is 0 Å². The molecule has 2 aromatic carbocycles. The van der Waals surface area contributed by atoms with Crippen molar-refractivity contribution in [3.8, 4) is 0 Å². The lowest BCUT2D eigenvalue weighted by atomic mass is 10.0. The maximum Gasteiger partial charge on any atom is 0.257 e. The Labute approximate surface area is 356 Å². The van der Waals surface area contributed by atoms with E-state index in [2.05, 4.69) is 41.9 Å². The molecule has 8 amide bonds. The molecule has 61 heavy (non-hydrogen) atoms. The van der Waals surface area contributed by atoms with Gasteiger partial charge in [-0.3, -0.25) is 43.3 Å². The van der Waals surface area contributed by atoms with Gasteiger partial charge in [-0.2, -0.15) is 0 Å². The minimum absolute atomic E-state index is 0.000891. The Hall–Kier alpha value is -6.70. The maximum atomic E-state index is 14.1. The summed E-state index contributed by atoms with van der Waals surface area (Å²) in [5.74, 6) is -5.93. The van der Waals surface area contributed by atoms with Crippen molar-refractivity contribution < 1.29 is 38.4 Å². The maximum absolute atomic E-state index is 14.1. The van der Waals surface area contributed by atoms with Crippen LogP contribution >= 0.6 is 11.6 Å². The average Bonchev–Trinajstić information content (AvgIpc) is 3.58. The van der Waals surface area contributed by atoms with Gasteiger partial charge in [0, 0.05) is 48.6 Å². The lowest BCUT2D eigenvalue weighted by Crippen LogP contribution is -2.58. The van der Waals surface area contributed by atoms with Gasteiger partial charge in [-0.05, 0) is 56.0 Å². The number of H-pyrrole nitrogens is 1. The van der Waals surface area contributed by atoms with Crippen molar-refractivity contribution in [3.63, 3.8) is 0 Å². The number of carbonyl (C=O) groups excluding carboxylic acids is 8. The third-order valence-corrected chi connectivity index (χ3v) is 10.1. The molecule has 0 spiro atoms. The van der Waals surface area contributed by atoms with Gasteiger partial charge in [-0.15, -0.1) is 0 Å². The van der Waals surface area contributed by atoms with Gasteiger partial charge in [-0.25, -0.2) is 0 Å². The number of anilines is 1. The third-order valence-electron chi connectivity index (χ3n) is 9.84. The van der Waals surface area contributed by atoms with Crippen LogP contribution in [0, 0.1) is 0 Å². The molecule has 0 radical (unpaired) electrons. The van der Waals surface area contributed by atoms with E-state index in [0.29, 0.717) is 18.4 Å². The van der Waals surface area contributed by atoms with E-state index in [-0.39, 0.29) is 48.0 Å². The molecule has 328 valence electrons. The highest BCUT2D eigenvalue weighted by molar-refractivity contribution is 6.31. The number of nitrogens with one attached hydrogen (secondary N) is 7. The van der Waals surface area contributed by atoms with E-state index in [1.165, 1.54) is 32.0 Å². The number of benzene rings is 2. The molecule has 0 fully saturated rings. The summed E-state index contributed by atoms with van der Waals surface area (Å²) in [5, 5.41) is 16.6. The molecule has 1 aliphatic heterocycles. The first-order valence-corrected chi connectivity index (χ1v) is 20.1. The highest BCUT2D eigenvalue weighted by Gasteiger charge is 2.38. The largest absolute Gasteiger partial charge is 0.370 e. The molecule has 1 aliphatic rings. The molecule has 5 atom stereocenters. The van der Waals surface area contributed by atoms with Crippen LogP contribution in [0.2, 0.25) is 5.02 Å².